The Balaban J connectivity index is 1.45. The molecular formula is C22H21ClN6O3. The molecule has 9 nitrogen and oxygen atoms in total. The number of carbonyl (C=O) groups is 1. The van der Waals surface area contributed by atoms with Crippen molar-refractivity contribution in [3.05, 3.63) is 81.6 Å². The first-order valence-electron chi connectivity index (χ1n) is 10.2. The molecule has 1 amide bonds. The molecule has 4 rings (SSSR count). The number of hydrogen-bond acceptors (Lipinski definition) is 5. The molecule has 4 aromatic rings. The normalized spacial score (nSPS) is 11.0. The van der Waals surface area contributed by atoms with E-state index in [0.29, 0.717) is 23.0 Å². The third kappa shape index (κ3) is 5.12. The minimum atomic E-state index is -0.521. The van der Waals surface area contributed by atoms with Crippen LogP contribution in [0.15, 0.2) is 60.9 Å². The molecule has 0 unspecified atom stereocenters. The van der Waals surface area contributed by atoms with E-state index < -0.39 is 4.92 Å². The van der Waals surface area contributed by atoms with Gasteiger partial charge in [-0.1, -0.05) is 41.9 Å². The third-order valence-electron chi connectivity index (χ3n) is 5.05. The van der Waals surface area contributed by atoms with E-state index in [4.69, 9.17) is 11.6 Å². The van der Waals surface area contributed by atoms with Crippen LogP contribution in [0, 0.1) is 10.1 Å². The van der Waals surface area contributed by atoms with Crippen molar-refractivity contribution < 1.29 is 9.72 Å². The summed E-state index contributed by atoms with van der Waals surface area (Å²) >= 11 is 6.12. The predicted octanol–water partition coefficient (Wildman–Crippen LogP) is 4.46. The zero-order chi connectivity index (χ0) is 22.5. The minimum Gasteiger partial charge on any atom is -0.310 e. The lowest BCUT2D eigenvalue weighted by Gasteiger charge is -2.10. The molecule has 0 aliphatic carbocycles. The van der Waals surface area contributed by atoms with Crippen molar-refractivity contribution in [2.45, 2.75) is 32.4 Å². The molecule has 0 saturated heterocycles. The maximum absolute atomic E-state index is 12.6. The number of aromatic nitrogens is 4. The van der Waals surface area contributed by atoms with Crippen LogP contribution >= 0.6 is 11.6 Å². The number of amides is 1. The number of hydrogen-bond donors (Lipinski definition) is 1. The Kier molecular flexibility index (Phi) is 6.46. The molecule has 0 saturated carbocycles. The standard InChI is InChI=1S/C22H21ClN6O3/c23-17-8-9-20-19(13-17)25-22(28(20)11-4-7-16-5-2-1-3-6-16)26-21(30)10-12-27-15-18(14-24-27)29(31)32/h1-3,5-6,8-9,13-15H,4,7,10-12H2,(H,25,26,30). The topological polar surface area (TPSA) is 108 Å². The maximum atomic E-state index is 12.6. The largest absolute Gasteiger partial charge is 0.310 e. The number of carbonyl (C=O) groups excluding carboxylic acids is 1. The zero-order valence-electron chi connectivity index (χ0n) is 17.1. The van der Waals surface area contributed by atoms with Crippen molar-refractivity contribution in [1.82, 2.24) is 19.3 Å². The second kappa shape index (κ2) is 9.61. The van der Waals surface area contributed by atoms with Gasteiger partial charge in [-0.05, 0) is 36.6 Å². The number of nitrogens with one attached hydrogen (secondary N) is 1. The van der Waals surface area contributed by atoms with Gasteiger partial charge in [0.15, 0.2) is 0 Å². The smallest absolute Gasteiger partial charge is 0.306 e. The molecule has 2 aromatic carbocycles. The lowest BCUT2D eigenvalue weighted by molar-refractivity contribution is -0.385. The van der Waals surface area contributed by atoms with Crippen molar-refractivity contribution in [3.8, 4) is 0 Å². The second-order valence-corrected chi connectivity index (χ2v) is 7.76. The highest BCUT2D eigenvalue weighted by Crippen LogP contribution is 2.24. The number of nitrogens with zero attached hydrogens (tertiary/aromatic N) is 5. The molecule has 2 aromatic heterocycles. The Morgan fingerprint density at radius 1 is 1.16 bits per heavy atom. The number of anilines is 1. The Bertz CT molecular complexity index is 1250. The maximum Gasteiger partial charge on any atom is 0.306 e. The van der Waals surface area contributed by atoms with Gasteiger partial charge >= 0.3 is 5.69 Å². The second-order valence-electron chi connectivity index (χ2n) is 7.33. The van der Waals surface area contributed by atoms with E-state index in [1.165, 1.54) is 16.4 Å². The minimum absolute atomic E-state index is 0.104. The van der Waals surface area contributed by atoms with Gasteiger partial charge in [0.1, 0.15) is 12.4 Å². The van der Waals surface area contributed by atoms with Crippen LogP contribution in [0.1, 0.15) is 18.4 Å². The summed E-state index contributed by atoms with van der Waals surface area (Å²) in [5.74, 6) is 0.195. The molecule has 0 aliphatic rings. The molecule has 0 bridgehead atoms. The van der Waals surface area contributed by atoms with Gasteiger partial charge in [-0.15, -0.1) is 0 Å². The van der Waals surface area contributed by atoms with Gasteiger partial charge in [0.25, 0.3) is 0 Å². The number of benzene rings is 2. The summed E-state index contributed by atoms with van der Waals surface area (Å²) in [6.07, 6.45) is 4.34. The van der Waals surface area contributed by atoms with Crippen LogP contribution < -0.4 is 5.32 Å². The van der Waals surface area contributed by atoms with E-state index in [9.17, 15) is 14.9 Å². The quantitative estimate of drug-likeness (QED) is 0.298. The van der Waals surface area contributed by atoms with E-state index in [-0.39, 0.29) is 24.6 Å². The van der Waals surface area contributed by atoms with Gasteiger partial charge in [-0.25, -0.2) is 4.98 Å². The highest BCUT2D eigenvalue weighted by Gasteiger charge is 2.15. The zero-order valence-corrected chi connectivity index (χ0v) is 17.9. The molecule has 10 heteroatoms. The summed E-state index contributed by atoms with van der Waals surface area (Å²) in [7, 11) is 0. The van der Waals surface area contributed by atoms with Crippen molar-refractivity contribution in [3.63, 3.8) is 0 Å². The Morgan fingerprint density at radius 3 is 2.72 bits per heavy atom. The van der Waals surface area contributed by atoms with Crippen LogP contribution in [0.25, 0.3) is 11.0 Å². The molecule has 0 fully saturated rings. The number of imidazole rings is 1. The molecule has 32 heavy (non-hydrogen) atoms. The van der Waals surface area contributed by atoms with Gasteiger partial charge in [-0.3, -0.25) is 24.9 Å². The van der Waals surface area contributed by atoms with Crippen LogP contribution in [-0.4, -0.2) is 30.2 Å². The van der Waals surface area contributed by atoms with Gasteiger partial charge in [0, 0.05) is 24.5 Å². The van der Waals surface area contributed by atoms with E-state index in [1.54, 1.807) is 12.1 Å². The van der Waals surface area contributed by atoms with Crippen LogP contribution in [0.3, 0.4) is 0 Å². The number of fused-ring (bicyclic) bond motifs is 1. The van der Waals surface area contributed by atoms with Crippen molar-refractivity contribution in [2.75, 3.05) is 5.32 Å². The van der Waals surface area contributed by atoms with Crippen LogP contribution in [0.5, 0.6) is 0 Å². The summed E-state index contributed by atoms with van der Waals surface area (Å²) in [5.41, 5.74) is 2.73. The van der Waals surface area contributed by atoms with Gasteiger partial charge in [0.05, 0.1) is 16.0 Å². The molecule has 0 atom stereocenters. The van der Waals surface area contributed by atoms with Crippen LogP contribution in [0.4, 0.5) is 11.6 Å². The molecule has 0 spiro atoms. The summed E-state index contributed by atoms with van der Waals surface area (Å²) < 4.78 is 3.35. The van der Waals surface area contributed by atoms with Crippen molar-refractivity contribution in [2.24, 2.45) is 0 Å². The number of nitro groups is 1. The van der Waals surface area contributed by atoms with E-state index in [1.807, 2.05) is 28.8 Å². The Hall–Kier alpha value is -3.72. The first-order chi connectivity index (χ1) is 15.5. The summed E-state index contributed by atoms with van der Waals surface area (Å²) in [4.78, 5) is 27.4. The number of halogens is 1. The molecule has 2 heterocycles. The fourth-order valence-corrected chi connectivity index (χ4v) is 3.65. The SMILES string of the molecule is O=C(CCn1cc([N+](=O)[O-])cn1)Nc1nc2cc(Cl)ccc2n1CCCc1ccccc1. The van der Waals surface area contributed by atoms with Gasteiger partial charge in [-0.2, -0.15) is 5.10 Å². The van der Waals surface area contributed by atoms with Gasteiger partial charge < -0.3 is 4.57 Å². The summed E-state index contributed by atoms with van der Waals surface area (Å²) in [6.45, 7) is 0.897. The fourth-order valence-electron chi connectivity index (χ4n) is 3.48. The Morgan fingerprint density at radius 2 is 1.97 bits per heavy atom. The van der Waals surface area contributed by atoms with Crippen LogP contribution in [0.2, 0.25) is 5.02 Å². The molecular weight excluding hydrogens is 432 g/mol. The lowest BCUT2D eigenvalue weighted by atomic mass is 10.1. The summed E-state index contributed by atoms with van der Waals surface area (Å²) in [6, 6.07) is 15.7. The van der Waals surface area contributed by atoms with E-state index in [0.717, 1.165) is 24.6 Å². The van der Waals surface area contributed by atoms with Crippen molar-refractivity contribution in [1.29, 1.82) is 0 Å². The molecule has 0 radical (unpaired) electrons. The number of rotatable bonds is 9. The Labute approximate surface area is 188 Å². The van der Waals surface area contributed by atoms with E-state index >= 15 is 0 Å². The third-order valence-corrected chi connectivity index (χ3v) is 5.28. The molecule has 0 aliphatic heterocycles. The van der Waals surface area contributed by atoms with Crippen molar-refractivity contribution >= 4 is 40.2 Å². The first-order valence-corrected chi connectivity index (χ1v) is 10.5. The monoisotopic (exact) mass is 452 g/mol. The molecule has 164 valence electrons. The highest BCUT2D eigenvalue weighted by molar-refractivity contribution is 6.31. The van der Waals surface area contributed by atoms with Crippen LogP contribution in [-0.2, 0) is 24.3 Å². The average Bonchev–Trinajstić information content (AvgIpc) is 3.38. The molecule has 1 N–H and O–H groups in total. The predicted molar refractivity (Wildman–Crippen MR) is 122 cm³/mol. The van der Waals surface area contributed by atoms with E-state index in [2.05, 4.69) is 27.5 Å². The first kappa shape index (κ1) is 21.5. The summed E-state index contributed by atoms with van der Waals surface area (Å²) in [5, 5.41) is 18.1. The lowest BCUT2D eigenvalue weighted by Crippen LogP contribution is -2.18. The van der Waals surface area contributed by atoms with Gasteiger partial charge in [0.2, 0.25) is 11.9 Å². The highest BCUT2D eigenvalue weighted by atomic mass is 35.5. The average molecular weight is 453 g/mol. The fraction of sp³-hybridized carbons (Fsp3) is 0.227. The number of aryl methyl sites for hydroxylation is 3.